The van der Waals surface area contributed by atoms with Crippen LogP contribution >= 0.6 is 11.8 Å². The second-order valence-corrected chi connectivity index (χ2v) is 7.76. The monoisotopic (exact) mass is 368 g/mol. The van der Waals surface area contributed by atoms with Crippen LogP contribution in [-0.2, 0) is 6.54 Å². The summed E-state index contributed by atoms with van der Waals surface area (Å²) in [5.41, 5.74) is 2.25. The highest BCUT2D eigenvalue weighted by atomic mass is 32.2. The van der Waals surface area contributed by atoms with Crippen molar-refractivity contribution in [3.05, 3.63) is 59.9 Å². The van der Waals surface area contributed by atoms with E-state index in [1.807, 2.05) is 24.0 Å². The largest absolute Gasteiger partial charge is 0.357 e. The van der Waals surface area contributed by atoms with E-state index in [-0.39, 0.29) is 0 Å². The summed E-state index contributed by atoms with van der Waals surface area (Å²) in [6.07, 6.45) is 3.07. The van der Waals surface area contributed by atoms with Crippen LogP contribution in [-0.4, -0.2) is 41.2 Å². The first kappa shape index (κ1) is 18.8. The molecule has 5 heteroatoms. The summed E-state index contributed by atoms with van der Waals surface area (Å²) in [5.74, 6) is 2.89. The molecule has 0 amide bonds. The molecule has 1 fully saturated rings. The first-order valence-electron chi connectivity index (χ1n) is 9.38. The maximum Gasteiger partial charge on any atom is 0.194 e. The van der Waals surface area contributed by atoms with Gasteiger partial charge in [0.05, 0.1) is 12.2 Å². The Bertz CT molecular complexity index is 717. The maximum atomic E-state index is 4.84. The Balaban J connectivity index is 1.56. The predicted octanol–water partition coefficient (Wildman–Crippen LogP) is 3.97. The Kier molecular flexibility index (Phi) is 6.95. The molecular weight excluding hydrogens is 340 g/mol. The number of guanidine groups is 1. The lowest BCUT2D eigenvalue weighted by molar-refractivity contribution is 0.474. The molecule has 1 aromatic heterocycles. The average molecular weight is 369 g/mol. The molecule has 1 N–H and O–H groups in total. The second kappa shape index (κ2) is 9.62. The van der Waals surface area contributed by atoms with Gasteiger partial charge in [-0.1, -0.05) is 24.3 Å². The van der Waals surface area contributed by atoms with Crippen LogP contribution in [0.15, 0.2) is 58.5 Å². The van der Waals surface area contributed by atoms with Gasteiger partial charge in [0.15, 0.2) is 5.96 Å². The van der Waals surface area contributed by atoms with Crippen molar-refractivity contribution in [2.24, 2.45) is 10.9 Å². The summed E-state index contributed by atoms with van der Waals surface area (Å²) in [5, 5.41) is 3.45. The lowest BCUT2D eigenvalue weighted by Crippen LogP contribution is -2.40. The fourth-order valence-electron chi connectivity index (χ4n) is 3.15. The molecule has 1 atom stereocenters. The van der Waals surface area contributed by atoms with Crippen molar-refractivity contribution in [3.63, 3.8) is 0 Å². The van der Waals surface area contributed by atoms with Gasteiger partial charge in [0.25, 0.3) is 0 Å². The molecule has 2 heterocycles. The fourth-order valence-corrected chi connectivity index (χ4v) is 4.20. The van der Waals surface area contributed by atoms with Crippen LogP contribution in [0.1, 0.15) is 24.6 Å². The van der Waals surface area contributed by atoms with Crippen molar-refractivity contribution in [2.75, 3.05) is 25.4 Å². The molecule has 26 heavy (non-hydrogen) atoms. The van der Waals surface area contributed by atoms with Crippen LogP contribution in [0.5, 0.6) is 0 Å². The van der Waals surface area contributed by atoms with Gasteiger partial charge in [-0.15, -0.1) is 11.8 Å². The number of rotatable bonds is 6. The van der Waals surface area contributed by atoms with Gasteiger partial charge in [-0.2, -0.15) is 0 Å². The number of nitrogens with zero attached hydrogens (tertiary/aromatic N) is 3. The molecule has 0 aliphatic carbocycles. The Morgan fingerprint density at radius 1 is 1.27 bits per heavy atom. The molecule has 1 aliphatic heterocycles. The summed E-state index contributed by atoms with van der Waals surface area (Å²) in [7, 11) is 0. The highest BCUT2D eigenvalue weighted by Gasteiger charge is 2.24. The molecule has 138 valence electrons. The molecule has 1 aromatic carbocycles. The standard InChI is InChI=1S/C21H28N4S/c1-3-22-21(24-14-20-17(2)8-7-12-23-20)25-13-11-18(15-25)16-26-19-9-5-4-6-10-19/h4-10,12,18H,3,11,13-16H2,1-2H3,(H,22,24). The van der Waals surface area contributed by atoms with E-state index in [2.05, 4.69) is 65.4 Å². The molecule has 0 radical (unpaired) electrons. The fraction of sp³-hybridized carbons (Fsp3) is 0.429. The summed E-state index contributed by atoms with van der Waals surface area (Å²) in [4.78, 5) is 13.1. The van der Waals surface area contributed by atoms with Gasteiger partial charge < -0.3 is 10.2 Å². The third kappa shape index (κ3) is 5.24. The number of aryl methyl sites for hydroxylation is 1. The zero-order chi connectivity index (χ0) is 18.2. The Morgan fingerprint density at radius 3 is 2.88 bits per heavy atom. The number of hydrogen-bond acceptors (Lipinski definition) is 3. The van der Waals surface area contributed by atoms with E-state index < -0.39 is 0 Å². The lowest BCUT2D eigenvalue weighted by Gasteiger charge is -2.21. The minimum atomic E-state index is 0.634. The smallest absolute Gasteiger partial charge is 0.194 e. The molecular formula is C21H28N4S. The van der Waals surface area contributed by atoms with Crippen molar-refractivity contribution in [2.45, 2.75) is 31.7 Å². The lowest BCUT2D eigenvalue weighted by atomic mass is 10.2. The minimum absolute atomic E-state index is 0.634. The Labute approximate surface area is 161 Å². The molecule has 0 spiro atoms. The van der Waals surface area contributed by atoms with Crippen molar-refractivity contribution in [1.29, 1.82) is 0 Å². The van der Waals surface area contributed by atoms with Gasteiger partial charge in [-0.05, 0) is 49.9 Å². The van der Waals surface area contributed by atoms with Crippen LogP contribution < -0.4 is 5.32 Å². The molecule has 0 saturated carbocycles. The topological polar surface area (TPSA) is 40.5 Å². The van der Waals surface area contributed by atoms with Gasteiger partial charge in [-0.3, -0.25) is 4.98 Å². The summed E-state index contributed by atoms with van der Waals surface area (Å²) in [6.45, 7) is 7.90. The number of thioether (sulfide) groups is 1. The van der Waals surface area contributed by atoms with Crippen LogP contribution in [0.4, 0.5) is 0 Å². The van der Waals surface area contributed by atoms with E-state index in [1.54, 1.807) is 0 Å². The van der Waals surface area contributed by atoms with Crippen molar-refractivity contribution < 1.29 is 0 Å². The predicted molar refractivity (Wildman–Crippen MR) is 111 cm³/mol. The van der Waals surface area contributed by atoms with E-state index in [0.717, 1.165) is 31.3 Å². The Hall–Kier alpha value is -2.01. The first-order chi connectivity index (χ1) is 12.8. The average Bonchev–Trinajstić information content (AvgIpc) is 3.14. The van der Waals surface area contributed by atoms with Crippen LogP contribution in [0.3, 0.4) is 0 Å². The van der Waals surface area contributed by atoms with E-state index >= 15 is 0 Å². The SMILES string of the molecule is CCNC(=NCc1ncccc1C)N1CCC(CSc2ccccc2)C1. The molecule has 1 saturated heterocycles. The van der Waals surface area contributed by atoms with Crippen LogP contribution in [0, 0.1) is 12.8 Å². The molecule has 4 nitrogen and oxygen atoms in total. The number of hydrogen-bond donors (Lipinski definition) is 1. The van der Waals surface area contributed by atoms with E-state index in [9.17, 15) is 0 Å². The molecule has 1 unspecified atom stereocenters. The maximum absolute atomic E-state index is 4.84. The number of aromatic nitrogens is 1. The molecule has 3 rings (SSSR count). The first-order valence-corrected chi connectivity index (χ1v) is 10.4. The number of pyridine rings is 1. The third-order valence-corrected chi connectivity index (χ3v) is 5.89. The minimum Gasteiger partial charge on any atom is -0.357 e. The van der Waals surface area contributed by atoms with E-state index in [0.29, 0.717) is 12.5 Å². The second-order valence-electron chi connectivity index (χ2n) is 6.66. The summed E-state index contributed by atoms with van der Waals surface area (Å²) in [6, 6.07) is 14.7. The van der Waals surface area contributed by atoms with Gasteiger partial charge >= 0.3 is 0 Å². The van der Waals surface area contributed by atoms with Crippen molar-refractivity contribution in [1.82, 2.24) is 15.2 Å². The number of benzene rings is 1. The van der Waals surface area contributed by atoms with Gasteiger partial charge in [0.1, 0.15) is 0 Å². The molecule has 2 aromatic rings. The van der Waals surface area contributed by atoms with Crippen LogP contribution in [0.2, 0.25) is 0 Å². The summed E-state index contributed by atoms with van der Waals surface area (Å²) < 4.78 is 0. The Morgan fingerprint density at radius 2 is 2.12 bits per heavy atom. The zero-order valence-electron chi connectivity index (χ0n) is 15.7. The number of likely N-dealkylation sites (tertiary alicyclic amines) is 1. The van der Waals surface area contributed by atoms with Crippen molar-refractivity contribution >= 4 is 17.7 Å². The highest BCUT2D eigenvalue weighted by molar-refractivity contribution is 7.99. The summed E-state index contributed by atoms with van der Waals surface area (Å²) >= 11 is 1.96. The van der Waals surface area contributed by atoms with E-state index in [1.165, 1.54) is 22.6 Å². The normalized spacial score (nSPS) is 17.5. The molecule has 0 bridgehead atoms. The van der Waals surface area contributed by atoms with E-state index in [4.69, 9.17) is 4.99 Å². The van der Waals surface area contributed by atoms with Crippen LogP contribution in [0.25, 0.3) is 0 Å². The quantitative estimate of drug-likeness (QED) is 0.476. The third-order valence-electron chi connectivity index (χ3n) is 4.65. The highest BCUT2D eigenvalue weighted by Crippen LogP contribution is 2.26. The van der Waals surface area contributed by atoms with Gasteiger partial charge in [0, 0.05) is 36.5 Å². The number of nitrogens with one attached hydrogen (secondary N) is 1. The van der Waals surface area contributed by atoms with Gasteiger partial charge in [0.2, 0.25) is 0 Å². The zero-order valence-corrected chi connectivity index (χ0v) is 16.5. The van der Waals surface area contributed by atoms with Crippen molar-refractivity contribution in [3.8, 4) is 0 Å². The number of aliphatic imine (C=N–C) groups is 1. The molecule has 1 aliphatic rings. The van der Waals surface area contributed by atoms with Gasteiger partial charge in [-0.25, -0.2) is 4.99 Å².